The molecule has 1 atom stereocenters. The van der Waals surface area contributed by atoms with E-state index in [1.165, 1.54) is 12.1 Å². The predicted molar refractivity (Wildman–Crippen MR) is 98.6 cm³/mol. The number of benzene rings is 1. The van der Waals surface area contributed by atoms with E-state index in [2.05, 4.69) is 15.5 Å². The van der Waals surface area contributed by atoms with Gasteiger partial charge in [0.1, 0.15) is 11.4 Å². The molecule has 1 aliphatic heterocycles. The molecule has 1 aromatic carbocycles. The molecular weight excluding hydrogens is 337 g/mol. The van der Waals surface area contributed by atoms with E-state index in [1.54, 1.807) is 26.8 Å². The van der Waals surface area contributed by atoms with Gasteiger partial charge in [-0.3, -0.25) is 4.79 Å². The Labute approximate surface area is 154 Å². The molecule has 0 aliphatic carbocycles. The van der Waals surface area contributed by atoms with Gasteiger partial charge < -0.3 is 20.3 Å². The zero-order valence-corrected chi connectivity index (χ0v) is 15.7. The van der Waals surface area contributed by atoms with Gasteiger partial charge >= 0.3 is 6.09 Å². The first kappa shape index (κ1) is 20.0. The van der Waals surface area contributed by atoms with Crippen molar-refractivity contribution in [2.45, 2.75) is 51.7 Å². The van der Waals surface area contributed by atoms with E-state index >= 15 is 0 Å². The number of nitrogens with zero attached hydrogens (tertiary/aromatic N) is 1. The fraction of sp³-hybridized carbons (Fsp3) is 0.579. The minimum atomic E-state index is -0.561. The number of alkyl carbamates (subject to hydrolysis) is 1. The van der Waals surface area contributed by atoms with E-state index < -0.39 is 11.7 Å². The van der Waals surface area contributed by atoms with Crippen molar-refractivity contribution >= 4 is 17.7 Å². The lowest BCUT2D eigenvalue weighted by atomic mass is 10.0. The predicted octanol–water partition coefficient (Wildman–Crippen LogP) is 2.83. The van der Waals surface area contributed by atoms with Crippen LogP contribution in [-0.2, 0) is 9.53 Å². The summed E-state index contributed by atoms with van der Waals surface area (Å²) in [4.78, 5) is 25.7. The van der Waals surface area contributed by atoms with Crippen molar-refractivity contribution in [3.8, 4) is 0 Å². The second-order valence-electron chi connectivity index (χ2n) is 7.51. The monoisotopic (exact) mass is 365 g/mol. The average molecular weight is 365 g/mol. The van der Waals surface area contributed by atoms with Gasteiger partial charge in [-0.1, -0.05) is 6.07 Å². The molecule has 1 aliphatic rings. The molecule has 2 N–H and O–H groups in total. The number of carbonyl (C=O) groups is 2. The van der Waals surface area contributed by atoms with Crippen molar-refractivity contribution in [3.63, 3.8) is 0 Å². The smallest absolute Gasteiger partial charge is 0.407 e. The zero-order chi connectivity index (χ0) is 19.2. The van der Waals surface area contributed by atoms with Gasteiger partial charge in [0.2, 0.25) is 5.91 Å². The molecular formula is C19H28FN3O3. The topological polar surface area (TPSA) is 70.7 Å². The summed E-state index contributed by atoms with van der Waals surface area (Å²) >= 11 is 0. The fourth-order valence-electron chi connectivity index (χ4n) is 2.89. The van der Waals surface area contributed by atoms with E-state index in [9.17, 15) is 14.0 Å². The average Bonchev–Trinajstić information content (AvgIpc) is 2.53. The second kappa shape index (κ2) is 8.87. The van der Waals surface area contributed by atoms with Crippen LogP contribution < -0.4 is 15.5 Å². The number of anilines is 1. The molecule has 2 amide bonds. The molecule has 0 spiro atoms. The maximum atomic E-state index is 13.4. The third kappa shape index (κ3) is 6.90. The van der Waals surface area contributed by atoms with Crippen LogP contribution in [-0.4, -0.2) is 43.3 Å². The number of piperidine rings is 1. The van der Waals surface area contributed by atoms with E-state index in [0.29, 0.717) is 6.54 Å². The van der Waals surface area contributed by atoms with E-state index in [4.69, 9.17) is 4.74 Å². The molecule has 0 radical (unpaired) electrons. The number of nitrogens with one attached hydrogen (secondary N) is 2. The number of hydrogen-bond acceptors (Lipinski definition) is 4. The highest BCUT2D eigenvalue weighted by atomic mass is 19.1. The number of halogens is 1. The third-order valence-electron chi connectivity index (χ3n) is 3.98. The summed E-state index contributed by atoms with van der Waals surface area (Å²) in [5, 5.41) is 5.56. The van der Waals surface area contributed by atoms with Crippen LogP contribution in [0.15, 0.2) is 24.3 Å². The van der Waals surface area contributed by atoms with Crippen molar-refractivity contribution in [1.82, 2.24) is 10.6 Å². The summed E-state index contributed by atoms with van der Waals surface area (Å²) in [6.45, 7) is 7.07. The van der Waals surface area contributed by atoms with E-state index in [0.717, 1.165) is 25.1 Å². The molecule has 0 saturated carbocycles. The molecule has 1 aromatic rings. The molecule has 1 fully saturated rings. The molecule has 2 rings (SSSR count). The van der Waals surface area contributed by atoms with E-state index in [1.807, 2.05) is 6.07 Å². The quantitative estimate of drug-likeness (QED) is 0.842. The number of carbonyl (C=O) groups excluding carboxylic acids is 2. The Kier molecular flexibility index (Phi) is 6.83. The normalized spacial score (nSPS) is 17.5. The van der Waals surface area contributed by atoms with Crippen LogP contribution in [0.3, 0.4) is 0 Å². The SMILES string of the molecule is CC(C)(C)OC(=O)NCCC(=O)NC1CCCN(c2cccc(F)c2)C1. The highest BCUT2D eigenvalue weighted by Gasteiger charge is 2.22. The van der Waals surface area contributed by atoms with Crippen molar-refractivity contribution in [1.29, 1.82) is 0 Å². The first-order chi connectivity index (χ1) is 12.2. The maximum Gasteiger partial charge on any atom is 0.407 e. The minimum Gasteiger partial charge on any atom is -0.444 e. The molecule has 144 valence electrons. The van der Waals surface area contributed by atoms with Crippen LogP contribution in [0.2, 0.25) is 0 Å². The lowest BCUT2D eigenvalue weighted by molar-refractivity contribution is -0.121. The zero-order valence-electron chi connectivity index (χ0n) is 15.7. The number of rotatable bonds is 5. The summed E-state index contributed by atoms with van der Waals surface area (Å²) < 4.78 is 18.5. The molecule has 6 nitrogen and oxygen atoms in total. The number of ether oxygens (including phenoxy) is 1. The van der Waals surface area contributed by atoms with Crippen molar-refractivity contribution < 1.29 is 18.7 Å². The van der Waals surface area contributed by atoms with Gasteiger partial charge in [0.05, 0.1) is 0 Å². The molecule has 0 aromatic heterocycles. The van der Waals surface area contributed by atoms with E-state index in [-0.39, 0.29) is 30.7 Å². The first-order valence-corrected chi connectivity index (χ1v) is 9.00. The molecule has 1 saturated heterocycles. The molecule has 7 heteroatoms. The number of hydrogen-bond donors (Lipinski definition) is 2. The highest BCUT2D eigenvalue weighted by Crippen LogP contribution is 2.20. The Morgan fingerprint density at radius 1 is 1.35 bits per heavy atom. The summed E-state index contributed by atoms with van der Waals surface area (Å²) in [6, 6.07) is 6.51. The third-order valence-corrected chi connectivity index (χ3v) is 3.98. The minimum absolute atomic E-state index is 0.0149. The van der Waals surface area contributed by atoms with Crippen LogP contribution >= 0.6 is 0 Å². The summed E-state index contributed by atoms with van der Waals surface area (Å²) in [5.74, 6) is -0.381. The van der Waals surface area contributed by atoms with Gasteiger partial charge in [0, 0.05) is 37.8 Å². The molecule has 26 heavy (non-hydrogen) atoms. The van der Waals surface area contributed by atoms with Crippen molar-refractivity contribution in [3.05, 3.63) is 30.1 Å². The van der Waals surface area contributed by atoms with Crippen LogP contribution in [0, 0.1) is 5.82 Å². The Bertz CT molecular complexity index is 631. The fourth-order valence-corrected chi connectivity index (χ4v) is 2.89. The van der Waals surface area contributed by atoms with Gasteiger partial charge in [-0.2, -0.15) is 0 Å². The van der Waals surface area contributed by atoms with Gasteiger partial charge in [0.25, 0.3) is 0 Å². The lowest BCUT2D eigenvalue weighted by Gasteiger charge is -2.34. The Hall–Kier alpha value is -2.31. The molecule has 1 unspecified atom stereocenters. The lowest BCUT2D eigenvalue weighted by Crippen LogP contribution is -2.48. The first-order valence-electron chi connectivity index (χ1n) is 9.00. The summed E-state index contributed by atoms with van der Waals surface area (Å²) in [5.41, 5.74) is 0.269. The largest absolute Gasteiger partial charge is 0.444 e. The van der Waals surface area contributed by atoms with Crippen LogP contribution in [0.1, 0.15) is 40.0 Å². The number of amides is 2. The van der Waals surface area contributed by atoms with Crippen molar-refractivity contribution in [2.24, 2.45) is 0 Å². The van der Waals surface area contributed by atoms with Gasteiger partial charge in [-0.25, -0.2) is 9.18 Å². The Balaban J connectivity index is 1.74. The van der Waals surface area contributed by atoms with Crippen molar-refractivity contribution in [2.75, 3.05) is 24.5 Å². The summed E-state index contributed by atoms with van der Waals surface area (Å²) in [7, 11) is 0. The maximum absolute atomic E-state index is 13.4. The van der Waals surface area contributed by atoms with Crippen LogP contribution in [0.25, 0.3) is 0 Å². The van der Waals surface area contributed by atoms with Gasteiger partial charge in [-0.15, -0.1) is 0 Å². The molecule has 1 heterocycles. The summed E-state index contributed by atoms with van der Waals surface area (Å²) in [6.07, 6.45) is 1.48. The van der Waals surface area contributed by atoms with Crippen LogP contribution in [0.4, 0.5) is 14.9 Å². The standard InChI is InChI=1S/C19H28FN3O3/c1-19(2,3)26-18(25)21-10-9-17(24)22-15-7-5-11-23(13-15)16-8-4-6-14(20)12-16/h4,6,8,12,15H,5,7,9-11,13H2,1-3H3,(H,21,25)(H,22,24). The second-order valence-corrected chi connectivity index (χ2v) is 7.51. The highest BCUT2D eigenvalue weighted by molar-refractivity contribution is 5.77. The molecule has 0 bridgehead atoms. The van der Waals surface area contributed by atoms with Gasteiger partial charge in [0.15, 0.2) is 0 Å². The van der Waals surface area contributed by atoms with Crippen LogP contribution in [0.5, 0.6) is 0 Å². The Morgan fingerprint density at radius 2 is 2.12 bits per heavy atom. The van der Waals surface area contributed by atoms with Gasteiger partial charge in [-0.05, 0) is 51.8 Å². The Morgan fingerprint density at radius 3 is 2.81 bits per heavy atom.